The van der Waals surface area contributed by atoms with E-state index < -0.39 is 11.4 Å². The predicted molar refractivity (Wildman–Crippen MR) is 65.0 cm³/mol. The third-order valence-corrected chi connectivity index (χ3v) is 4.33. The number of aliphatic carboxylic acids is 1. The number of rotatable bonds is 4. The lowest BCUT2D eigenvalue weighted by molar-refractivity contribution is -0.148. The monoisotopic (exact) mass is 241 g/mol. The predicted octanol–water partition coefficient (Wildman–Crippen LogP) is 1.60. The average molecular weight is 241 g/mol. The number of likely N-dealkylation sites (tertiary alicyclic amines) is 1. The van der Waals surface area contributed by atoms with Gasteiger partial charge in [-0.05, 0) is 38.1 Å². The van der Waals surface area contributed by atoms with E-state index in [-0.39, 0.29) is 0 Å². The second-order valence-electron chi connectivity index (χ2n) is 5.51. The molecule has 2 rings (SSSR count). The topological polar surface area (TPSA) is 49.8 Å². The minimum Gasteiger partial charge on any atom is -0.481 e. The highest BCUT2D eigenvalue weighted by Crippen LogP contribution is 2.34. The molecule has 0 amide bonds. The largest absolute Gasteiger partial charge is 0.481 e. The molecule has 0 bridgehead atoms. The van der Waals surface area contributed by atoms with Gasteiger partial charge in [0.05, 0.1) is 12.0 Å². The molecule has 0 radical (unpaired) electrons. The molecule has 0 aromatic rings. The Morgan fingerprint density at radius 3 is 2.94 bits per heavy atom. The van der Waals surface area contributed by atoms with Crippen LogP contribution in [0.3, 0.4) is 0 Å². The molecule has 0 aliphatic carbocycles. The Morgan fingerprint density at radius 1 is 1.59 bits per heavy atom. The summed E-state index contributed by atoms with van der Waals surface area (Å²) in [6.07, 6.45) is 3.91. The van der Waals surface area contributed by atoms with Crippen LogP contribution < -0.4 is 0 Å². The van der Waals surface area contributed by atoms with Crippen molar-refractivity contribution in [1.29, 1.82) is 0 Å². The van der Waals surface area contributed by atoms with Gasteiger partial charge in [-0.1, -0.05) is 6.92 Å². The number of hydrogen-bond acceptors (Lipinski definition) is 3. The van der Waals surface area contributed by atoms with E-state index in [2.05, 4.69) is 4.90 Å². The molecule has 2 aliphatic rings. The number of carboxylic acid groups (broad SMARTS) is 1. The molecule has 2 fully saturated rings. The lowest BCUT2D eigenvalue weighted by Crippen LogP contribution is -2.37. The summed E-state index contributed by atoms with van der Waals surface area (Å²) in [6.45, 7) is 6.38. The van der Waals surface area contributed by atoms with Gasteiger partial charge in [-0.25, -0.2) is 0 Å². The van der Waals surface area contributed by atoms with Crippen molar-refractivity contribution in [2.75, 3.05) is 32.8 Å². The van der Waals surface area contributed by atoms with Crippen molar-refractivity contribution in [2.24, 2.45) is 11.3 Å². The van der Waals surface area contributed by atoms with Gasteiger partial charge in [0.15, 0.2) is 0 Å². The lowest BCUT2D eigenvalue weighted by atomic mass is 9.84. The summed E-state index contributed by atoms with van der Waals surface area (Å²) in [5.41, 5.74) is -0.491. The molecule has 2 heterocycles. The Labute approximate surface area is 103 Å². The van der Waals surface area contributed by atoms with E-state index in [1.807, 2.05) is 6.92 Å². The molecule has 2 aliphatic heterocycles. The van der Waals surface area contributed by atoms with Crippen LogP contribution in [0.4, 0.5) is 0 Å². The number of hydrogen-bond donors (Lipinski definition) is 1. The van der Waals surface area contributed by atoms with Crippen molar-refractivity contribution in [3.05, 3.63) is 0 Å². The summed E-state index contributed by atoms with van der Waals surface area (Å²) < 4.78 is 5.48. The summed E-state index contributed by atoms with van der Waals surface area (Å²) in [5, 5.41) is 9.34. The van der Waals surface area contributed by atoms with Gasteiger partial charge in [0.2, 0.25) is 0 Å². The van der Waals surface area contributed by atoms with Gasteiger partial charge < -0.3 is 14.7 Å². The number of ether oxygens (including phenoxy) is 1. The molecule has 0 aromatic carbocycles. The first-order valence-corrected chi connectivity index (χ1v) is 6.70. The Bertz CT molecular complexity index is 276. The first-order chi connectivity index (χ1) is 8.16. The Morgan fingerprint density at radius 2 is 2.41 bits per heavy atom. The third kappa shape index (κ3) is 2.80. The molecule has 2 saturated heterocycles. The van der Waals surface area contributed by atoms with E-state index in [9.17, 15) is 9.90 Å². The molecule has 4 heteroatoms. The van der Waals surface area contributed by atoms with Crippen LogP contribution in [0.2, 0.25) is 0 Å². The second kappa shape index (κ2) is 5.36. The molecule has 0 spiro atoms. The van der Waals surface area contributed by atoms with E-state index in [0.717, 1.165) is 52.1 Å². The molecule has 1 N–H and O–H groups in total. The van der Waals surface area contributed by atoms with Crippen LogP contribution in [-0.2, 0) is 9.53 Å². The van der Waals surface area contributed by atoms with Gasteiger partial charge in [0.25, 0.3) is 0 Å². The van der Waals surface area contributed by atoms with Crippen molar-refractivity contribution in [3.8, 4) is 0 Å². The van der Waals surface area contributed by atoms with Crippen LogP contribution in [0.5, 0.6) is 0 Å². The maximum atomic E-state index is 11.3. The fourth-order valence-corrected chi connectivity index (χ4v) is 3.05. The maximum absolute atomic E-state index is 11.3. The van der Waals surface area contributed by atoms with Crippen molar-refractivity contribution in [1.82, 2.24) is 4.90 Å². The quantitative estimate of drug-likeness (QED) is 0.812. The number of nitrogens with zero attached hydrogens (tertiary/aromatic N) is 1. The number of carboxylic acids is 1. The van der Waals surface area contributed by atoms with E-state index in [1.165, 1.54) is 6.42 Å². The minimum atomic E-state index is -0.623. The van der Waals surface area contributed by atoms with Crippen LogP contribution in [0, 0.1) is 11.3 Å². The van der Waals surface area contributed by atoms with Crippen LogP contribution >= 0.6 is 0 Å². The summed E-state index contributed by atoms with van der Waals surface area (Å²) in [6, 6.07) is 0. The fourth-order valence-electron chi connectivity index (χ4n) is 3.05. The maximum Gasteiger partial charge on any atom is 0.310 e. The summed E-state index contributed by atoms with van der Waals surface area (Å²) in [7, 11) is 0. The zero-order valence-electron chi connectivity index (χ0n) is 10.7. The Kier molecular flexibility index (Phi) is 4.05. The van der Waals surface area contributed by atoms with Gasteiger partial charge in [-0.2, -0.15) is 0 Å². The van der Waals surface area contributed by atoms with Crippen LogP contribution in [-0.4, -0.2) is 48.8 Å². The second-order valence-corrected chi connectivity index (χ2v) is 5.51. The number of carbonyl (C=O) groups is 1. The van der Waals surface area contributed by atoms with E-state index in [4.69, 9.17) is 4.74 Å². The van der Waals surface area contributed by atoms with Crippen LogP contribution in [0.1, 0.15) is 32.6 Å². The van der Waals surface area contributed by atoms with E-state index in [0.29, 0.717) is 5.92 Å². The zero-order chi connectivity index (χ0) is 12.3. The highest BCUT2D eigenvalue weighted by Gasteiger charge is 2.43. The van der Waals surface area contributed by atoms with Gasteiger partial charge in [0, 0.05) is 19.7 Å². The molecule has 17 heavy (non-hydrogen) atoms. The lowest BCUT2D eigenvalue weighted by Gasteiger charge is -2.28. The van der Waals surface area contributed by atoms with E-state index in [1.54, 1.807) is 0 Å². The molecule has 0 saturated carbocycles. The summed E-state index contributed by atoms with van der Waals surface area (Å²) >= 11 is 0. The molecule has 0 aromatic heterocycles. The minimum absolute atomic E-state index is 0.491. The van der Waals surface area contributed by atoms with Crippen LogP contribution in [0.15, 0.2) is 0 Å². The molecule has 2 unspecified atom stereocenters. The van der Waals surface area contributed by atoms with Gasteiger partial charge in [0.1, 0.15) is 0 Å². The summed E-state index contributed by atoms with van der Waals surface area (Å²) in [4.78, 5) is 13.7. The standard InChI is InChI=1S/C13H23NO3/c1-2-13(12(15)16)5-6-14(10-13)8-11-4-3-7-17-9-11/h11H,2-10H2,1H3,(H,15,16). The molecule has 98 valence electrons. The molecular formula is C13H23NO3. The fraction of sp³-hybridized carbons (Fsp3) is 0.923. The van der Waals surface area contributed by atoms with Crippen molar-refractivity contribution in [3.63, 3.8) is 0 Å². The highest BCUT2D eigenvalue weighted by molar-refractivity contribution is 5.75. The van der Waals surface area contributed by atoms with Gasteiger partial charge in [-0.15, -0.1) is 0 Å². The molecular weight excluding hydrogens is 218 g/mol. The third-order valence-electron chi connectivity index (χ3n) is 4.33. The first-order valence-electron chi connectivity index (χ1n) is 6.70. The SMILES string of the molecule is CCC1(C(=O)O)CCN(CC2CCCOC2)C1. The molecule has 4 nitrogen and oxygen atoms in total. The highest BCUT2D eigenvalue weighted by atomic mass is 16.5. The summed E-state index contributed by atoms with van der Waals surface area (Å²) in [5.74, 6) is -0.0207. The van der Waals surface area contributed by atoms with Crippen molar-refractivity contribution >= 4 is 5.97 Å². The first kappa shape index (κ1) is 12.8. The van der Waals surface area contributed by atoms with Gasteiger partial charge >= 0.3 is 5.97 Å². The normalized spacial score (nSPS) is 35.0. The van der Waals surface area contributed by atoms with E-state index >= 15 is 0 Å². The Balaban J connectivity index is 1.86. The van der Waals surface area contributed by atoms with Gasteiger partial charge in [-0.3, -0.25) is 4.79 Å². The molecule has 2 atom stereocenters. The zero-order valence-corrected chi connectivity index (χ0v) is 10.7. The smallest absolute Gasteiger partial charge is 0.310 e. The van der Waals surface area contributed by atoms with Crippen molar-refractivity contribution < 1.29 is 14.6 Å². The average Bonchev–Trinajstić information content (AvgIpc) is 2.75. The Hall–Kier alpha value is -0.610. The van der Waals surface area contributed by atoms with Crippen LogP contribution in [0.25, 0.3) is 0 Å². The van der Waals surface area contributed by atoms with Crippen molar-refractivity contribution in [2.45, 2.75) is 32.6 Å².